The summed E-state index contributed by atoms with van der Waals surface area (Å²) in [6, 6.07) is 7.03. The third-order valence-electron chi connectivity index (χ3n) is 7.78. The molecule has 3 atom stereocenters. The smallest absolute Gasteiger partial charge is 0.396 e. The van der Waals surface area contributed by atoms with E-state index in [-0.39, 0.29) is 37.9 Å². The Labute approximate surface area is 247 Å². The van der Waals surface area contributed by atoms with Crippen LogP contribution in [0.25, 0.3) is 0 Å². The Morgan fingerprint density at radius 2 is 1.56 bits per heavy atom. The third kappa shape index (κ3) is 8.84. The zero-order chi connectivity index (χ0) is 31.9. The SMILES string of the molecule is Cc1ccccc1C1C(CCCCO)N(C(O)CCCO)CCN1C(=O)N(C)Cc1cc(C(F)(F)F)cc(C(F)(F)F)c1. The normalized spacial score (nSPS) is 19.0. The number of carbonyl (C=O) groups excluding carboxylic acids is 1. The molecule has 1 saturated heterocycles. The summed E-state index contributed by atoms with van der Waals surface area (Å²) in [5, 5.41) is 29.7. The van der Waals surface area contributed by atoms with Crippen LogP contribution in [0.2, 0.25) is 0 Å². The predicted octanol–water partition coefficient (Wildman–Crippen LogP) is 5.57. The number of hydrogen-bond acceptors (Lipinski definition) is 5. The Bertz CT molecular complexity index is 1180. The van der Waals surface area contributed by atoms with E-state index in [1.807, 2.05) is 36.1 Å². The Morgan fingerprint density at radius 3 is 2.12 bits per heavy atom. The number of hydrogen-bond donors (Lipinski definition) is 3. The second kappa shape index (κ2) is 14.7. The first-order valence-electron chi connectivity index (χ1n) is 14.2. The Balaban J connectivity index is 2.00. The van der Waals surface area contributed by atoms with Crippen molar-refractivity contribution in [2.75, 3.05) is 33.4 Å². The van der Waals surface area contributed by atoms with Crippen LogP contribution in [0.15, 0.2) is 42.5 Å². The standard InChI is InChI=1S/C30H39F6N3O4/c1-20-8-3-4-9-24(20)27-25(10-5-6-14-40)38(26(42)11-7-15-41)12-13-39(27)28(43)37(2)19-21-16-22(29(31,32)33)18-23(17-21)30(34,35)36/h3-4,8-9,16-18,25-27,40-42H,5-7,10-15,19H2,1-2H3. The summed E-state index contributed by atoms with van der Waals surface area (Å²) >= 11 is 0. The molecule has 1 heterocycles. The number of urea groups is 1. The second-order valence-electron chi connectivity index (χ2n) is 10.9. The molecule has 13 heteroatoms. The maximum absolute atomic E-state index is 13.9. The van der Waals surface area contributed by atoms with Crippen molar-refractivity contribution < 1.29 is 46.5 Å². The number of unbranched alkanes of at least 4 members (excludes halogenated alkanes) is 1. The summed E-state index contributed by atoms with van der Waals surface area (Å²) in [6.07, 6.45) is -8.73. The fraction of sp³-hybridized carbons (Fsp3) is 0.567. The minimum atomic E-state index is -5.01. The van der Waals surface area contributed by atoms with Crippen molar-refractivity contribution in [3.05, 3.63) is 70.3 Å². The molecule has 3 unspecified atom stereocenters. The Morgan fingerprint density at radius 1 is 0.953 bits per heavy atom. The molecule has 0 saturated carbocycles. The lowest BCUT2D eigenvalue weighted by Gasteiger charge is -2.50. The van der Waals surface area contributed by atoms with Crippen LogP contribution in [0, 0.1) is 6.92 Å². The minimum Gasteiger partial charge on any atom is -0.396 e. The summed E-state index contributed by atoms with van der Waals surface area (Å²) in [6.45, 7) is 1.60. The molecule has 0 aromatic heterocycles. The highest BCUT2D eigenvalue weighted by atomic mass is 19.4. The van der Waals surface area contributed by atoms with Gasteiger partial charge in [0.25, 0.3) is 0 Å². The number of aliphatic hydroxyl groups is 3. The lowest BCUT2D eigenvalue weighted by Crippen LogP contribution is -2.60. The van der Waals surface area contributed by atoms with Crippen molar-refractivity contribution in [3.63, 3.8) is 0 Å². The first-order chi connectivity index (χ1) is 20.2. The molecule has 7 nitrogen and oxygen atoms in total. The number of benzene rings is 2. The van der Waals surface area contributed by atoms with Crippen LogP contribution >= 0.6 is 0 Å². The Hall–Kier alpha value is -2.87. The van der Waals surface area contributed by atoms with E-state index in [0.717, 1.165) is 16.0 Å². The summed E-state index contributed by atoms with van der Waals surface area (Å²) in [4.78, 5) is 18.5. The highest BCUT2D eigenvalue weighted by molar-refractivity contribution is 5.75. The summed E-state index contributed by atoms with van der Waals surface area (Å²) in [7, 11) is 1.33. The van der Waals surface area contributed by atoms with Gasteiger partial charge in [-0.3, -0.25) is 4.90 Å². The van der Waals surface area contributed by atoms with Gasteiger partial charge in [0.15, 0.2) is 0 Å². The highest BCUT2D eigenvalue weighted by Gasteiger charge is 2.43. The zero-order valence-electron chi connectivity index (χ0n) is 24.2. The van der Waals surface area contributed by atoms with E-state index in [1.165, 1.54) is 7.05 Å². The van der Waals surface area contributed by atoms with Gasteiger partial charge in [-0.2, -0.15) is 26.3 Å². The monoisotopic (exact) mass is 619 g/mol. The largest absolute Gasteiger partial charge is 0.416 e. The number of aryl methyl sites for hydroxylation is 1. The van der Waals surface area contributed by atoms with Gasteiger partial charge in [0.1, 0.15) is 6.23 Å². The lowest BCUT2D eigenvalue weighted by atomic mass is 9.87. The first-order valence-corrected chi connectivity index (χ1v) is 14.2. The summed E-state index contributed by atoms with van der Waals surface area (Å²) in [5.74, 6) is 0. The zero-order valence-corrected chi connectivity index (χ0v) is 24.2. The van der Waals surface area contributed by atoms with Gasteiger partial charge in [-0.25, -0.2) is 4.79 Å². The molecule has 43 heavy (non-hydrogen) atoms. The molecular weight excluding hydrogens is 580 g/mol. The number of nitrogens with zero attached hydrogens (tertiary/aromatic N) is 3. The fourth-order valence-electron chi connectivity index (χ4n) is 5.70. The first kappa shape index (κ1) is 34.6. The van der Waals surface area contributed by atoms with E-state index in [9.17, 15) is 46.5 Å². The Kier molecular flexibility index (Phi) is 11.9. The summed E-state index contributed by atoms with van der Waals surface area (Å²) in [5.41, 5.74) is -1.57. The van der Waals surface area contributed by atoms with Gasteiger partial charge in [0.05, 0.1) is 17.2 Å². The number of amides is 2. The van der Waals surface area contributed by atoms with Crippen molar-refractivity contribution in [2.45, 2.75) is 76.2 Å². The third-order valence-corrected chi connectivity index (χ3v) is 7.78. The fourth-order valence-corrected chi connectivity index (χ4v) is 5.70. The number of piperazine rings is 1. The van der Waals surface area contributed by atoms with Crippen molar-refractivity contribution in [2.24, 2.45) is 0 Å². The van der Waals surface area contributed by atoms with Gasteiger partial charge in [0, 0.05) is 45.9 Å². The predicted molar refractivity (Wildman–Crippen MR) is 148 cm³/mol. The molecule has 2 amide bonds. The van der Waals surface area contributed by atoms with E-state index in [2.05, 4.69) is 0 Å². The van der Waals surface area contributed by atoms with Crippen molar-refractivity contribution in [1.82, 2.24) is 14.7 Å². The van der Waals surface area contributed by atoms with Gasteiger partial charge in [-0.15, -0.1) is 0 Å². The highest BCUT2D eigenvalue weighted by Crippen LogP contribution is 2.39. The maximum Gasteiger partial charge on any atom is 0.416 e. The summed E-state index contributed by atoms with van der Waals surface area (Å²) < 4.78 is 80.6. The van der Waals surface area contributed by atoms with E-state index in [4.69, 9.17) is 0 Å². The van der Waals surface area contributed by atoms with Crippen molar-refractivity contribution in [1.29, 1.82) is 0 Å². The van der Waals surface area contributed by atoms with E-state index in [1.54, 1.807) is 4.90 Å². The van der Waals surface area contributed by atoms with Crippen LogP contribution in [0.4, 0.5) is 31.1 Å². The molecule has 0 radical (unpaired) electrons. The topological polar surface area (TPSA) is 87.5 Å². The van der Waals surface area contributed by atoms with Crippen LogP contribution in [0.5, 0.6) is 0 Å². The molecule has 2 aromatic carbocycles. The molecule has 0 bridgehead atoms. The molecule has 0 spiro atoms. The quantitative estimate of drug-likeness (QED) is 0.226. The van der Waals surface area contributed by atoms with Gasteiger partial charge in [-0.1, -0.05) is 24.3 Å². The number of halogens is 6. The van der Waals surface area contributed by atoms with Crippen molar-refractivity contribution in [3.8, 4) is 0 Å². The average Bonchev–Trinajstić information content (AvgIpc) is 2.94. The van der Waals surface area contributed by atoms with Gasteiger partial charge < -0.3 is 25.1 Å². The van der Waals surface area contributed by atoms with Gasteiger partial charge in [-0.05, 0) is 73.9 Å². The molecular formula is C30H39F6N3O4. The maximum atomic E-state index is 13.9. The number of carbonyl (C=O) groups is 1. The van der Waals surface area contributed by atoms with Gasteiger partial charge >= 0.3 is 18.4 Å². The van der Waals surface area contributed by atoms with E-state index < -0.39 is 54.4 Å². The van der Waals surface area contributed by atoms with Crippen LogP contribution < -0.4 is 0 Å². The van der Waals surface area contributed by atoms with Crippen LogP contribution in [-0.2, 0) is 18.9 Å². The van der Waals surface area contributed by atoms with E-state index in [0.29, 0.717) is 44.2 Å². The van der Waals surface area contributed by atoms with Gasteiger partial charge in [0.2, 0.25) is 0 Å². The number of rotatable bonds is 11. The molecule has 3 rings (SSSR count). The number of aliphatic hydroxyl groups excluding tert-OH is 3. The molecule has 1 aliphatic rings. The second-order valence-corrected chi connectivity index (χ2v) is 10.9. The number of alkyl halides is 6. The molecule has 1 fully saturated rings. The van der Waals surface area contributed by atoms with Crippen molar-refractivity contribution >= 4 is 6.03 Å². The van der Waals surface area contributed by atoms with Crippen LogP contribution in [0.3, 0.4) is 0 Å². The van der Waals surface area contributed by atoms with E-state index >= 15 is 0 Å². The van der Waals surface area contributed by atoms with Crippen LogP contribution in [-0.4, -0.2) is 81.7 Å². The average molecular weight is 620 g/mol. The van der Waals surface area contributed by atoms with Crippen LogP contribution in [0.1, 0.15) is 66.0 Å². The molecule has 240 valence electrons. The molecule has 1 aliphatic heterocycles. The molecule has 3 N–H and O–H groups in total. The minimum absolute atomic E-state index is 0.0445. The lowest BCUT2D eigenvalue weighted by molar-refractivity contribution is -0.143. The molecule has 2 aromatic rings. The molecule has 0 aliphatic carbocycles.